The van der Waals surface area contributed by atoms with Gasteiger partial charge < -0.3 is 5.32 Å². The molecule has 0 aliphatic carbocycles. The number of carbonyl (C=O) groups excluding carboxylic acids is 1. The van der Waals surface area contributed by atoms with E-state index in [0.29, 0.717) is 17.8 Å². The first-order chi connectivity index (χ1) is 7.92. The molecule has 1 aromatic rings. The zero-order chi connectivity index (χ0) is 12.9. The predicted octanol–water partition coefficient (Wildman–Crippen LogP) is 1.20. The highest BCUT2D eigenvalue weighted by Gasteiger charge is 2.05. The average molecular weight is 256 g/mol. The van der Waals surface area contributed by atoms with Crippen molar-refractivity contribution in [1.82, 2.24) is 5.32 Å². The molecule has 94 valence electrons. The zero-order valence-corrected chi connectivity index (χ0v) is 10.7. The summed E-state index contributed by atoms with van der Waals surface area (Å²) in [6.07, 6.45) is 1.95. The molecule has 1 rings (SSSR count). The first kappa shape index (κ1) is 13.5. The molecule has 0 fully saturated rings. The van der Waals surface area contributed by atoms with E-state index < -0.39 is 10.0 Å². The molecule has 0 radical (unpaired) electrons. The average Bonchev–Trinajstić information content (AvgIpc) is 2.24. The Labute approximate surface area is 101 Å². The number of rotatable bonds is 5. The third-order valence-corrected chi connectivity index (χ3v) is 2.59. The van der Waals surface area contributed by atoms with Crippen LogP contribution in [0.15, 0.2) is 24.3 Å². The van der Waals surface area contributed by atoms with Crippen LogP contribution in [0.25, 0.3) is 0 Å². The fraction of sp³-hybridized carbons (Fsp3) is 0.364. The SMILES string of the molecule is CCCNC(=O)c1ccc(NS(C)(=O)=O)cc1. The number of nitrogens with one attached hydrogen (secondary N) is 2. The summed E-state index contributed by atoms with van der Waals surface area (Å²) in [5.74, 6) is -0.155. The molecule has 0 saturated carbocycles. The van der Waals surface area contributed by atoms with E-state index in [2.05, 4.69) is 10.0 Å². The largest absolute Gasteiger partial charge is 0.352 e. The molecule has 0 atom stereocenters. The van der Waals surface area contributed by atoms with Gasteiger partial charge in [0, 0.05) is 17.8 Å². The molecule has 17 heavy (non-hydrogen) atoms. The van der Waals surface area contributed by atoms with Crippen LogP contribution in [0.5, 0.6) is 0 Å². The maximum absolute atomic E-state index is 11.6. The standard InChI is InChI=1S/C11H16N2O3S/c1-3-8-12-11(14)9-4-6-10(7-5-9)13-17(2,15)16/h4-7,13H,3,8H2,1-2H3,(H,12,14). The molecule has 0 spiro atoms. The van der Waals surface area contributed by atoms with Gasteiger partial charge in [-0.1, -0.05) is 6.92 Å². The summed E-state index contributed by atoms with van der Waals surface area (Å²) < 4.78 is 24.3. The van der Waals surface area contributed by atoms with Gasteiger partial charge in [0.1, 0.15) is 0 Å². The molecule has 2 N–H and O–H groups in total. The summed E-state index contributed by atoms with van der Waals surface area (Å²) in [7, 11) is -3.28. The van der Waals surface area contributed by atoms with Gasteiger partial charge in [-0.2, -0.15) is 0 Å². The van der Waals surface area contributed by atoms with E-state index in [-0.39, 0.29) is 5.91 Å². The van der Waals surface area contributed by atoms with E-state index in [4.69, 9.17) is 0 Å². The fourth-order valence-electron chi connectivity index (χ4n) is 1.24. The second-order valence-electron chi connectivity index (χ2n) is 3.71. The summed E-state index contributed by atoms with van der Waals surface area (Å²) in [5, 5.41) is 2.74. The Morgan fingerprint density at radius 3 is 2.29 bits per heavy atom. The Balaban J connectivity index is 2.71. The number of carbonyl (C=O) groups is 1. The molecule has 0 saturated heterocycles. The van der Waals surface area contributed by atoms with Gasteiger partial charge in [0.2, 0.25) is 10.0 Å². The normalized spacial score (nSPS) is 10.9. The highest BCUT2D eigenvalue weighted by Crippen LogP contribution is 2.10. The monoisotopic (exact) mass is 256 g/mol. The van der Waals surface area contributed by atoms with Crippen molar-refractivity contribution >= 4 is 21.6 Å². The van der Waals surface area contributed by atoms with Gasteiger partial charge in [0.05, 0.1) is 6.26 Å². The Kier molecular flexibility index (Phi) is 4.51. The van der Waals surface area contributed by atoms with Crippen LogP contribution in [0.4, 0.5) is 5.69 Å². The predicted molar refractivity (Wildman–Crippen MR) is 67.5 cm³/mol. The number of hydrogen-bond donors (Lipinski definition) is 2. The van der Waals surface area contributed by atoms with Crippen LogP contribution in [0.3, 0.4) is 0 Å². The summed E-state index contributed by atoms with van der Waals surface area (Å²) in [6.45, 7) is 2.60. The quantitative estimate of drug-likeness (QED) is 0.831. The molecule has 0 bridgehead atoms. The molecule has 1 amide bonds. The van der Waals surface area contributed by atoms with Crippen LogP contribution < -0.4 is 10.0 Å². The molecule has 0 unspecified atom stereocenters. The Morgan fingerprint density at radius 2 is 1.82 bits per heavy atom. The second kappa shape index (κ2) is 5.67. The van der Waals surface area contributed by atoms with Gasteiger partial charge in [-0.3, -0.25) is 9.52 Å². The summed E-state index contributed by atoms with van der Waals surface area (Å²) in [6, 6.07) is 6.28. The maximum Gasteiger partial charge on any atom is 0.251 e. The first-order valence-electron chi connectivity index (χ1n) is 5.28. The van der Waals surface area contributed by atoms with Gasteiger partial charge in [0.25, 0.3) is 5.91 Å². The third-order valence-electron chi connectivity index (χ3n) is 1.99. The summed E-state index contributed by atoms with van der Waals surface area (Å²) in [5.41, 5.74) is 0.956. The van der Waals surface area contributed by atoms with E-state index in [1.54, 1.807) is 24.3 Å². The number of amides is 1. The van der Waals surface area contributed by atoms with Crippen LogP contribution in [0, 0.1) is 0 Å². The van der Waals surface area contributed by atoms with Crippen LogP contribution >= 0.6 is 0 Å². The smallest absolute Gasteiger partial charge is 0.251 e. The van der Waals surface area contributed by atoms with Crippen LogP contribution in [0.2, 0.25) is 0 Å². The number of anilines is 1. The lowest BCUT2D eigenvalue weighted by molar-refractivity contribution is 0.0953. The summed E-state index contributed by atoms with van der Waals surface area (Å²) in [4.78, 5) is 11.6. The van der Waals surface area contributed by atoms with Gasteiger partial charge in [-0.15, -0.1) is 0 Å². The third kappa shape index (κ3) is 4.86. The van der Waals surface area contributed by atoms with E-state index in [0.717, 1.165) is 12.7 Å². The van der Waals surface area contributed by atoms with Crippen LogP contribution in [-0.2, 0) is 10.0 Å². The van der Waals surface area contributed by atoms with Crippen LogP contribution in [-0.4, -0.2) is 27.1 Å². The molecule has 0 aliphatic rings. The van der Waals surface area contributed by atoms with Crippen molar-refractivity contribution in [1.29, 1.82) is 0 Å². The first-order valence-corrected chi connectivity index (χ1v) is 7.17. The van der Waals surface area contributed by atoms with E-state index in [9.17, 15) is 13.2 Å². The highest BCUT2D eigenvalue weighted by molar-refractivity contribution is 7.92. The van der Waals surface area contributed by atoms with Gasteiger partial charge in [0.15, 0.2) is 0 Å². The van der Waals surface area contributed by atoms with E-state index in [1.807, 2.05) is 6.92 Å². The molecule has 6 heteroatoms. The van der Waals surface area contributed by atoms with Crippen molar-refractivity contribution in [2.45, 2.75) is 13.3 Å². The van der Waals surface area contributed by atoms with Crippen molar-refractivity contribution in [3.63, 3.8) is 0 Å². The Hall–Kier alpha value is -1.56. The molecule has 1 aromatic carbocycles. The molecule has 0 aliphatic heterocycles. The van der Waals surface area contributed by atoms with Gasteiger partial charge in [-0.25, -0.2) is 8.42 Å². The van der Waals surface area contributed by atoms with E-state index >= 15 is 0 Å². The maximum atomic E-state index is 11.6. The topological polar surface area (TPSA) is 75.3 Å². The van der Waals surface area contributed by atoms with Crippen molar-refractivity contribution in [3.8, 4) is 0 Å². The Morgan fingerprint density at radius 1 is 1.24 bits per heavy atom. The lowest BCUT2D eigenvalue weighted by Crippen LogP contribution is -2.23. The minimum Gasteiger partial charge on any atom is -0.352 e. The molecular formula is C11H16N2O3S. The van der Waals surface area contributed by atoms with Gasteiger partial charge >= 0.3 is 0 Å². The van der Waals surface area contributed by atoms with Crippen molar-refractivity contribution < 1.29 is 13.2 Å². The molecular weight excluding hydrogens is 240 g/mol. The minimum absolute atomic E-state index is 0.155. The van der Waals surface area contributed by atoms with Crippen molar-refractivity contribution in [2.24, 2.45) is 0 Å². The highest BCUT2D eigenvalue weighted by atomic mass is 32.2. The van der Waals surface area contributed by atoms with Gasteiger partial charge in [-0.05, 0) is 30.7 Å². The Bertz CT molecular complexity index is 480. The van der Waals surface area contributed by atoms with E-state index in [1.165, 1.54) is 0 Å². The number of hydrogen-bond acceptors (Lipinski definition) is 3. The lowest BCUT2D eigenvalue weighted by atomic mass is 10.2. The van der Waals surface area contributed by atoms with Crippen LogP contribution in [0.1, 0.15) is 23.7 Å². The van der Waals surface area contributed by atoms with Crippen molar-refractivity contribution in [3.05, 3.63) is 29.8 Å². The molecule has 0 heterocycles. The molecule has 5 nitrogen and oxygen atoms in total. The second-order valence-corrected chi connectivity index (χ2v) is 5.46. The number of benzene rings is 1. The van der Waals surface area contributed by atoms with Crippen molar-refractivity contribution in [2.75, 3.05) is 17.5 Å². The zero-order valence-electron chi connectivity index (χ0n) is 9.86. The minimum atomic E-state index is -3.28. The summed E-state index contributed by atoms with van der Waals surface area (Å²) >= 11 is 0. The fourth-order valence-corrected chi connectivity index (χ4v) is 1.81. The molecule has 0 aromatic heterocycles. The number of sulfonamides is 1. The lowest BCUT2D eigenvalue weighted by Gasteiger charge is -2.06.